The van der Waals surface area contributed by atoms with Gasteiger partial charge in [-0.25, -0.2) is 0 Å². The van der Waals surface area contributed by atoms with Crippen LogP contribution in [0.3, 0.4) is 0 Å². The molecular weight excluding hydrogens is 276 g/mol. The van der Waals surface area contributed by atoms with E-state index in [0.717, 1.165) is 10.0 Å². The Morgan fingerprint density at radius 2 is 1.94 bits per heavy atom. The van der Waals surface area contributed by atoms with E-state index in [-0.39, 0.29) is 6.79 Å². The summed E-state index contributed by atoms with van der Waals surface area (Å²) in [5.41, 5.74) is 6.33. The second-order valence-corrected chi connectivity index (χ2v) is 4.16. The van der Waals surface area contributed by atoms with Crippen molar-refractivity contribution < 1.29 is 14.0 Å². The van der Waals surface area contributed by atoms with Crippen molar-refractivity contribution in [3.8, 4) is 22.8 Å². The minimum absolute atomic E-state index is 0.240. The van der Waals surface area contributed by atoms with Crippen LogP contribution in [0.15, 0.2) is 27.2 Å². The first kappa shape index (κ1) is 9.53. The monoisotopic (exact) mass is 282 g/mol. The molecule has 6 heteroatoms. The first-order chi connectivity index (χ1) is 7.74. The fourth-order valence-corrected chi connectivity index (χ4v) is 2.04. The molecule has 0 saturated heterocycles. The van der Waals surface area contributed by atoms with E-state index in [1.165, 1.54) is 0 Å². The van der Waals surface area contributed by atoms with Crippen molar-refractivity contribution in [2.45, 2.75) is 0 Å². The number of fused-ring (bicyclic) bond motifs is 1. The van der Waals surface area contributed by atoms with Crippen molar-refractivity contribution >= 4 is 21.7 Å². The molecule has 0 aliphatic carbocycles. The van der Waals surface area contributed by atoms with Crippen LogP contribution in [0.4, 0.5) is 5.82 Å². The van der Waals surface area contributed by atoms with Crippen molar-refractivity contribution in [1.29, 1.82) is 0 Å². The molecule has 2 aromatic rings. The highest BCUT2D eigenvalue weighted by Crippen LogP contribution is 2.41. The molecule has 1 aliphatic rings. The zero-order valence-electron chi connectivity index (χ0n) is 8.07. The van der Waals surface area contributed by atoms with Crippen LogP contribution >= 0.6 is 15.9 Å². The van der Waals surface area contributed by atoms with Gasteiger partial charge in [0.15, 0.2) is 23.1 Å². The van der Waals surface area contributed by atoms with Crippen LogP contribution in [-0.2, 0) is 0 Å². The van der Waals surface area contributed by atoms with Crippen LogP contribution in [0.5, 0.6) is 11.5 Å². The van der Waals surface area contributed by atoms with Crippen LogP contribution < -0.4 is 15.2 Å². The third kappa shape index (κ3) is 1.42. The van der Waals surface area contributed by atoms with Gasteiger partial charge in [0.1, 0.15) is 0 Å². The summed E-state index contributed by atoms with van der Waals surface area (Å²) in [4.78, 5) is 0. The topological polar surface area (TPSA) is 70.5 Å². The standard InChI is InChI=1S/C10H7BrN2O3/c11-6-2-9-8(14-4-15-9)1-5(6)7-3-10(12)13-16-7/h1-3H,4H2,(H2,12,13). The van der Waals surface area contributed by atoms with Crippen molar-refractivity contribution in [3.63, 3.8) is 0 Å². The van der Waals surface area contributed by atoms with E-state index in [9.17, 15) is 0 Å². The van der Waals surface area contributed by atoms with E-state index in [2.05, 4.69) is 21.1 Å². The molecule has 0 amide bonds. The van der Waals surface area contributed by atoms with Gasteiger partial charge in [0.25, 0.3) is 0 Å². The highest BCUT2D eigenvalue weighted by molar-refractivity contribution is 9.10. The zero-order valence-corrected chi connectivity index (χ0v) is 9.65. The molecule has 0 saturated carbocycles. The largest absolute Gasteiger partial charge is 0.454 e. The summed E-state index contributed by atoms with van der Waals surface area (Å²) in [5.74, 6) is 2.33. The molecule has 3 rings (SSSR count). The molecule has 2 heterocycles. The molecule has 1 aromatic heterocycles. The Morgan fingerprint density at radius 3 is 2.62 bits per heavy atom. The van der Waals surface area contributed by atoms with Crippen LogP contribution in [0.1, 0.15) is 0 Å². The van der Waals surface area contributed by atoms with Gasteiger partial charge in [-0.2, -0.15) is 0 Å². The number of nitrogens with zero attached hydrogens (tertiary/aromatic N) is 1. The van der Waals surface area contributed by atoms with Gasteiger partial charge in [-0.3, -0.25) is 0 Å². The Kier molecular flexibility index (Phi) is 2.03. The first-order valence-electron chi connectivity index (χ1n) is 4.56. The van der Waals surface area contributed by atoms with Gasteiger partial charge in [0.2, 0.25) is 6.79 Å². The summed E-state index contributed by atoms with van der Waals surface area (Å²) in [7, 11) is 0. The fraction of sp³-hybridized carbons (Fsp3) is 0.100. The number of hydrogen-bond donors (Lipinski definition) is 1. The number of rotatable bonds is 1. The van der Waals surface area contributed by atoms with Crippen LogP contribution in [0.25, 0.3) is 11.3 Å². The number of benzene rings is 1. The maximum atomic E-state index is 5.50. The molecular formula is C10H7BrN2O3. The lowest BCUT2D eigenvalue weighted by molar-refractivity contribution is 0.174. The fourth-order valence-electron chi connectivity index (χ4n) is 1.52. The Hall–Kier alpha value is -1.69. The van der Waals surface area contributed by atoms with Gasteiger partial charge in [-0.15, -0.1) is 0 Å². The molecule has 0 spiro atoms. The lowest BCUT2D eigenvalue weighted by atomic mass is 10.1. The van der Waals surface area contributed by atoms with Crippen molar-refractivity contribution in [1.82, 2.24) is 5.16 Å². The van der Waals surface area contributed by atoms with Gasteiger partial charge in [0.05, 0.1) is 0 Å². The molecule has 0 bridgehead atoms. The number of nitrogens with two attached hydrogens (primary N) is 1. The highest BCUT2D eigenvalue weighted by Gasteiger charge is 2.18. The summed E-state index contributed by atoms with van der Waals surface area (Å²) >= 11 is 3.43. The lowest BCUT2D eigenvalue weighted by Crippen LogP contribution is -1.92. The summed E-state index contributed by atoms with van der Waals surface area (Å²) in [6, 6.07) is 5.31. The molecule has 16 heavy (non-hydrogen) atoms. The van der Waals surface area contributed by atoms with Crippen molar-refractivity contribution in [2.24, 2.45) is 0 Å². The first-order valence-corrected chi connectivity index (χ1v) is 5.35. The Labute approximate surface area is 99.2 Å². The Bertz CT molecular complexity index is 553. The van der Waals surface area contributed by atoms with E-state index < -0.39 is 0 Å². The SMILES string of the molecule is Nc1cc(-c2cc3c(cc2Br)OCO3)on1. The van der Waals surface area contributed by atoms with Crippen molar-refractivity contribution in [2.75, 3.05) is 12.5 Å². The second-order valence-electron chi connectivity index (χ2n) is 3.30. The van der Waals surface area contributed by atoms with E-state index in [4.69, 9.17) is 19.7 Å². The minimum Gasteiger partial charge on any atom is -0.454 e. The van der Waals surface area contributed by atoms with Gasteiger partial charge in [-0.05, 0) is 28.1 Å². The maximum Gasteiger partial charge on any atom is 0.231 e. The number of anilines is 1. The number of aromatic nitrogens is 1. The molecule has 0 fully saturated rings. The number of hydrogen-bond acceptors (Lipinski definition) is 5. The Balaban J connectivity index is 2.14. The van der Waals surface area contributed by atoms with Gasteiger partial charge in [-0.1, -0.05) is 5.16 Å². The molecule has 1 aliphatic heterocycles. The van der Waals surface area contributed by atoms with Gasteiger partial charge >= 0.3 is 0 Å². The van der Waals surface area contributed by atoms with Crippen LogP contribution in [0.2, 0.25) is 0 Å². The predicted molar refractivity (Wildman–Crippen MR) is 60.2 cm³/mol. The van der Waals surface area contributed by atoms with Crippen molar-refractivity contribution in [3.05, 3.63) is 22.7 Å². The lowest BCUT2D eigenvalue weighted by Gasteiger charge is -2.02. The highest BCUT2D eigenvalue weighted by atomic mass is 79.9. The number of halogens is 1. The number of nitrogen functional groups attached to an aromatic ring is 1. The quantitative estimate of drug-likeness (QED) is 0.870. The van der Waals surface area contributed by atoms with Gasteiger partial charge < -0.3 is 19.7 Å². The summed E-state index contributed by atoms with van der Waals surface area (Å²) in [6.07, 6.45) is 0. The van der Waals surface area contributed by atoms with Gasteiger partial charge in [0, 0.05) is 16.1 Å². The summed E-state index contributed by atoms with van der Waals surface area (Å²) in [6.45, 7) is 0.240. The van der Waals surface area contributed by atoms with Crippen LogP contribution in [0, 0.1) is 0 Å². The second kappa shape index (κ2) is 3.41. The molecule has 82 valence electrons. The zero-order chi connectivity index (χ0) is 11.1. The van der Waals surface area contributed by atoms with Crippen LogP contribution in [-0.4, -0.2) is 11.9 Å². The molecule has 5 nitrogen and oxygen atoms in total. The summed E-state index contributed by atoms with van der Waals surface area (Å²) in [5, 5.41) is 3.64. The summed E-state index contributed by atoms with van der Waals surface area (Å²) < 4.78 is 16.5. The average molecular weight is 283 g/mol. The molecule has 0 unspecified atom stereocenters. The third-order valence-electron chi connectivity index (χ3n) is 2.26. The van der Waals surface area contributed by atoms with E-state index in [0.29, 0.717) is 23.1 Å². The predicted octanol–water partition coefficient (Wildman–Crippen LogP) is 2.42. The minimum atomic E-state index is 0.240. The molecule has 1 aromatic carbocycles. The molecule has 0 atom stereocenters. The van der Waals surface area contributed by atoms with E-state index >= 15 is 0 Å². The molecule has 2 N–H and O–H groups in total. The normalized spacial score (nSPS) is 13.1. The third-order valence-corrected chi connectivity index (χ3v) is 2.91. The Morgan fingerprint density at radius 1 is 1.19 bits per heavy atom. The molecule has 0 radical (unpaired) electrons. The van der Waals surface area contributed by atoms with E-state index in [1.807, 2.05) is 12.1 Å². The number of ether oxygens (including phenoxy) is 2. The average Bonchev–Trinajstić information content (AvgIpc) is 2.84. The smallest absolute Gasteiger partial charge is 0.231 e. The maximum absolute atomic E-state index is 5.50. The van der Waals surface area contributed by atoms with E-state index in [1.54, 1.807) is 6.07 Å².